The second-order valence-electron chi connectivity index (χ2n) is 11.6. The van der Waals surface area contributed by atoms with Gasteiger partial charge in [0.2, 0.25) is 11.8 Å². The third-order valence-corrected chi connectivity index (χ3v) is 7.91. The van der Waals surface area contributed by atoms with E-state index in [-0.39, 0.29) is 35.2 Å². The van der Waals surface area contributed by atoms with Crippen LogP contribution in [0.4, 0.5) is 24.8 Å². The van der Waals surface area contributed by atoms with Crippen LogP contribution in [0.1, 0.15) is 49.5 Å². The average Bonchev–Trinajstić information content (AvgIpc) is 3.13. The van der Waals surface area contributed by atoms with Gasteiger partial charge >= 0.3 is 6.18 Å². The van der Waals surface area contributed by atoms with Crippen LogP contribution < -0.4 is 20.1 Å². The molecule has 1 aliphatic carbocycles. The van der Waals surface area contributed by atoms with Crippen molar-refractivity contribution in [3.63, 3.8) is 0 Å². The van der Waals surface area contributed by atoms with Gasteiger partial charge in [-0.05, 0) is 78.0 Å². The quantitative estimate of drug-likeness (QED) is 0.468. The molecule has 3 aliphatic rings. The maximum Gasteiger partial charge on any atom is 0.423 e. The van der Waals surface area contributed by atoms with Crippen LogP contribution in [0, 0.1) is 5.92 Å². The fourth-order valence-corrected chi connectivity index (χ4v) is 5.62. The molecular weight excluding hydrogens is 567 g/mol. The highest BCUT2D eigenvalue weighted by molar-refractivity contribution is 5.96. The normalized spacial score (nSPS) is 23.9. The molecule has 1 aromatic carbocycles. The van der Waals surface area contributed by atoms with E-state index < -0.39 is 34.7 Å². The second kappa shape index (κ2) is 11.3. The summed E-state index contributed by atoms with van der Waals surface area (Å²) in [5.74, 6) is -2.30. The van der Waals surface area contributed by atoms with Crippen LogP contribution in [0.15, 0.2) is 48.4 Å². The van der Waals surface area contributed by atoms with Gasteiger partial charge < -0.3 is 29.7 Å². The predicted octanol–water partition coefficient (Wildman–Crippen LogP) is 4.66. The number of aromatic nitrogens is 2. The van der Waals surface area contributed by atoms with E-state index in [9.17, 15) is 22.8 Å². The number of methoxy groups -OCH3 is 1. The number of allylic oxidation sites excluding steroid dienone is 2. The fraction of sp³-hybridized carbons (Fsp3) is 0.467. The molecule has 2 atom stereocenters. The number of fused-ring (bicyclic) bond motifs is 1. The largest absolute Gasteiger partial charge is 0.495 e. The molecule has 13 heteroatoms. The number of benzene rings is 1. The lowest BCUT2D eigenvalue weighted by Gasteiger charge is -2.30. The van der Waals surface area contributed by atoms with Gasteiger partial charge in [0, 0.05) is 17.8 Å². The second-order valence-corrected chi connectivity index (χ2v) is 11.6. The summed E-state index contributed by atoms with van der Waals surface area (Å²) in [6, 6.07) is 4.72. The number of likely N-dealkylation sites (tertiary alicyclic amines) is 1. The minimum absolute atomic E-state index is 0.0201. The number of alkyl halides is 3. The Morgan fingerprint density at radius 3 is 2.58 bits per heavy atom. The molecule has 0 bridgehead atoms. The lowest BCUT2D eigenvalue weighted by atomic mass is 9.80. The van der Waals surface area contributed by atoms with E-state index in [0.717, 1.165) is 25.9 Å². The number of ketones is 1. The number of carbonyl (C=O) groups is 2. The first kappa shape index (κ1) is 30.5. The Morgan fingerprint density at radius 2 is 1.91 bits per heavy atom. The number of amides is 1. The van der Waals surface area contributed by atoms with E-state index >= 15 is 0 Å². The zero-order valence-electron chi connectivity index (χ0n) is 24.5. The molecule has 5 rings (SSSR count). The van der Waals surface area contributed by atoms with Gasteiger partial charge in [-0.2, -0.15) is 18.2 Å². The Labute approximate surface area is 247 Å². The van der Waals surface area contributed by atoms with Crippen LogP contribution in [0.25, 0.3) is 0 Å². The maximum atomic E-state index is 14.0. The van der Waals surface area contributed by atoms with Crippen molar-refractivity contribution in [3.05, 3.63) is 59.5 Å². The minimum atomic E-state index is -4.84. The van der Waals surface area contributed by atoms with Crippen LogP contribution in [0.3, 0.4) is 0 Å². The molecule has 43 heavy (non-hydrogen) atoms. The number of halogens is 3. The number of nitrogens with zero attached hydrogens (tertiary/aromatic N) is 3. The number of nitrogens with one attached hydrogen (secondary N) is 2. The molecule has 3 heterocycles. The van der Waals surface area contributed by atoms with Crippen molar-refractivity contribution in [3.8, 4) is 11.6 Å². The Kier molecular flexibility index (Phi) is 7.99. The molecule has 2 aliphatic heterocycles. The Morgan fingerprint density at radius 1 is 1.19 bits per heavy atom. The van der Waals surface area contributed by atoms with Crippen molar-refractivity contribution in [2.75, 3.05) is 32.6 Å². The molecule has 230 valence electrons. The maximum absolute atomic E-state index is 14.0. The number of carbonyl (C=O) groups excluding carboxylic acids is 2. The first-order valence-corrected chi connectivity index (χ1v) is 13.9. The first-order chi connectivity index (χ1) is 20.2. The van der Waals surface area contributed by atoms with Gasteiger partial charge in [-0.15, -0.1) is 0 Å². The van der Waals surface area contributed by atoms with Crippen LogP contribution in [-0.4, -0.2) is 71.0 Å². The Hall–Kier alpha value is -3.97. The van der Waals surface area contributed by atoms with Gasteiger partial charge in [-0.25, -0.2) is 4.98 Å². The van der Waals surface area contributed by atoms with Gasteiger partial charge in [0.15, 0.2) is 5.78 Å². The summed E-state index contributed by atoms with van der Waals surface area (Å²) in [6.45, 7) is 6.68. The standard InChI is InChI=1S/C30H34F3N5O5/c1-28(2)24(39)23-21(7-6-12-29(23,3)43-28)42-26-19(30(31,32)33)16-34-27(37-26)36-20-9-8-17(15-22(20)41-5)25(40)35-18-10-13-38(4)14-11-18/h6-9,12,15-16,18,23H,10-11,13-14H2,1-5H3,(H,35,40)(H,34,36,37). The highest BCUT2D eigenvalue weighted by atomic mass is 19.4. The van der Waals surface area contributed by atoms with E-state index in [1.807, 2.05) is 7.05 Å². The van der Waals surface area contributed by atoms with Crippen LogP contribution in [-0.2, 0) is 15.7 Å². The third kappa shape index (κ3) is 6.23. The molecule has 2 N–H and O–H groups in total. The van der Waals surface area contributed by atoms with E-state index in [1.54, 1.807) is 45.1 Å². The van der Waals surface area contributed by atoms with E-state index in [4.69, 9.17) is 14.2 Å². The van der Waals surface area contributed by atoms with Crippen molar-refractivity contribution in [1.82, 2.24) is 20.2 Å². The highest BCUT2D eigenvalue weighted by Crippen LogP contribution is 2.47. The molecule has 10 nitrogen and oxygen atoms in total. The summed E-state index contributed by atoms with van der Waals surface area (Å²) in [7, 11) is 3.44. The first-order valence-electron chi connectivity index (χ1n) is 13.9. The molecular formula is C30H34F3N5O5. The SMILES string of the molecule is COc1cc(C(=O)NC2CCN(C)CC2)ccc1Nc1ncc(C(F)(F)F)c(OC2=CC=CC3(C)OC(C)(C)C(=O)C23)n1. The topological polar surface area (TPSA) is 115 Å². The lowest BCUT2D eigenvalue weighted by molar-refractivity contribution is -0.139. The van der Waals surface area contributed by atoms with E-state index in [2.05, 4.69) is 25.5 Å². The van der Waals surface area contributed by atoms with Crippen molar-refractivity contribution in [1.29, 1.82) is 0 Å². The fourth-order valence-electron chi connectivity index (χ4n) is 5.62. The molecule has 1 amide bonds. The van der Waals surface area contributed by atoms with Gasteiger partial charge in [-0.1, -0.05) is 12.2 Å². The van der Waals surface area contributed by atoms with E-state index in [1.165, 1.54) is 19.3 Å². The molecule has 2 aromatic rings. The summed E-state index contributed by atoms with van der Waals surface area (Å²) in [6.07, 6.45) is 2.15. The number of rotatable bonds is 7. The van der Waals surface area contributed by atoms with Crippen LogP contribution in [0.5, 0.6) is 11.6 Å². The summed E-state index contributed by atoms with van der Waals surface area (Å²) in [5, 5.41) is 5.89. The Balaban J connectivity index is 1.39. The van der Waals surface area contributed by atoms with Gasteiger partial charge in [0.1, 0.15) is 34.2 Å². The van der Waals surface area contributed by atoms with Crippen LogP contribution in [0.2, 0.25) is 0 Å². The smallest absolute Gasteiger partial charge is 0.423 e. The zero-order valence-corrected chi connectivity index (χ0v) is 24.5. The highest BCUT2D eigenvalue weighted by Gasteiger charge is 2.58. The molecule has 2 fully saturated rings. The van der Waals surface area contributed by atoms with Crippen LogP contribution >= 0.6 is 0 Å². The lowest BCUT2D eigenvalue weighted by Crippen LogP contribution is -2.43. The molecule has 2 saturated heterocycles. The molecule has 1 aromatic heterocycles. The van der Waals surface area contributed by atoms with Gasteiger partial charge in [0.05, 0.1) is 12.8 Å². The summed E-state index contributed by atoms with van der Waals surface area (Å²) >= 11 is 0. The van der Waals surface area contributed by atoms with Crippen molar-refractivity contribution in [2.24, 2.45) is 5.92 Å². The number of ether oxygens (including phenoxy) is 3. The van der Waals surface area contributed by atoms with Crippen molar-refractivity contribution in [2.45, 2.75) is 57.0 Å². The number of hydrogen-bond donors (Lipinski definition) is 2. The average molecular weight is 602 g/mol. The third-order valence-electron chi connectivity index (χ3n) is 7.91. The predicted molar refractivity (Wildman–Crippen MR) is 151 cm³/mol. The molecule has 0 saturated carbocycles. The number of Topliss-reactive ketones (excluding diaryl/α,β-unsaturated/α-hetero) is 1. The van der Waals surface area contributed by atoms with E-state index in [0.29, 0.717) is 17.4 Å². The van der Waals surface area contributed by atoms with Gasteiger partial charge in [0.25, 0.3) is 5.91 Å². The summed E-state index contributed by atoms with van der Waals surface area (Å²) in [5.41, 5.74) is -2.78. The number of anilines is 2. The monoisotopic (exact) mass is 601 g/mol. The number of piperidine rings is 1. The van der Waals surface area contributed by atoms with Gasteiger partial charge in [-0.3, -0.25) is 9.59 Å². The van der Waals surface area contributed by atoms with Crippen molar-refractivity contribution >= 4 is 23.3 Å². The zero-order chi connectivity index (χ0) is 31.2. The number of hydrogen-bond acceptors (Lipinski definition) is 9. The molecule has 0 spiro atoms. The summed E-state index contributed by atoms with van der Waals surface area (Å²) in [4.78, 5) is 36.1. The molecule has 0 radical (unpaired) electrons. The van der Waals surface area contributed by atoms with Crippen molar-refractivity contribution < 1.29 is 37.0 Å². The minimum Gasteiger partial charge on any atom is -0.495 e. The molecule has 2 unspecified atom stereocenters. The Bertz CT molecular complexity index is 1480. The summed E-state index contributed by atoms with van der Waals surface area (Å²) < 4.78 is 59.0.